The lowest BCUT2D eigenvalue weighted by molar-refractivity contribution is -0.159. The number of rotatable bonds is 4. The summed E-state index contributed by atoms with van der Waals surface area (Å²) < 4.78 is 0. The first-order valence-electron chi connectivity index (χ1n) is 8.59. The molecule has 1 N–H and O–H groups in total. The van der Waals surface area contributed by atoms with E-state index in [1.54, 1.807) is 0 Å². The average molecular weight is 292 g/mol. The van der Waals surface area contributed by atoms with Crippen LogP contribution >= 0.6 is 0 Å². The highest BCUT2D eigenvalue weighted by atomic mass is 16.2. The zero-order chi connectivity index (χ0) is 15.2. The van der Waals surface area contributed by atoms with Crippen molar-refractivity contribution in [1.29, 1.82) is 0 Å². The normalized spacial score (nSPS) is 30.1. The highest BCUT2D eigenvalue weighted by Gasteiger charge is 2.53. The summed E-state index contributed by atoms with van der Waals surface area (Å²) in [6, 6.07) is -0.113. The summed E-state index contributed by atoms with van der Waals surface area (Å²) in [4.78, 5) is 27.8. The van der Waals surface area contributed by atoms with Gasteiger partial charge >= 0.3 is 0 Å². The van der Waals surface area contributed by atoms with Gasteiger partial charge in [-0.1, -0.05) is 39.5 Å². The quantitative estimate of drug-likeness (QED) is 0.865. The number of amides is 2. The Bertz CT molecular complexity index is 436. The maximum atomic E-state index is 13.2. The summed E-state index contributed by atoms with van der Waals surface area (Å²) in [5.74, 6) is 1.18. The van der Waals surface area contributed by atoms with Crippen LogP contribution in [0.4, 0.5) is 0 Å². The molecule has 3 aliphatic rings. The number of hydrogen-bond acceptors (Lipinski definition) is 2. The van der Waals surface area contributed by atoms with Crippen LogP contribution in [-0.2, 0) is 9.59 Å². The fourth-order valence-electron chi connectivity index (χ4n) is 4.23. The minimum atomic E-state index is -0.583. The van der Waals surface area contributed by atoms with Crippen LogP contribution in [0.5, 0.6) is 0 Å². The molecule has 0 aromatic rings. The van der Waals surface area contributed by atoms with Crippen LogP contribution in [0.2, 0.25) is 0 Å². The number of hydrogen-bond donors (Lipinski definition) is 1. The molecule has 2 unspecified atom stereocenters. The molecule has 2 aliphatic carbocycles. The third-order valence-corrected chi connectivity index (χ3v) is 5.51. The summed E-state index contributed by atoms with van der Waals surface area (Å²) in [5.41, 5.74) is -0.583. The third kappa shape index (κ3) is 2.58. The summed E-state index contributed by atoms with van der Waals surface area (Å²) >= 11 is 0. The van der Waals surface area contributed by atoms with E-state index in [4.69, 9.17) is 0 Å². The van der Waals surface area contributed by atoms with Gasteiger partial charge in [-0.2, -0.15) is 0 Å². The Balaban J connectivity index is 1.88. The van der Waals surface area contributed by atoms with Crippen molar-refractivity contribution in [2.75, 3.05) is 0 Å². The first-order chi connectivity index (χ1) is 9.94. The van der Waals surface area contributed by atoms with Crippen LogP contribution in [0.15, 0.2) is 0 Å². The maximum Gasteiger partial charge on any atom is 0.249 e. The number of piperazine rings is 1. The second-order valence-electron chi connectivity index (χ2n) is 7.71. The van der Waals surface area contributed by atoms with Crippen LogP contribution in [0.1, 0.15) is 65.7 Å². The van der Waals surface area contributed by atoms with Gasteiger partial charge in [-0.05, 0) is 38.0 Å². The summed E-state index contributed by atoms with van der Waals surface area (Å²) in [5, 5.41) is 3.10. The van der Waals surface area contributed by atoms with Gasteiger partial charge in [0.25, 0.3) is 0 Å². The van der Waals surface area contributed by atoms with E-state index in [2.05, 4.69) is 12.2 Å². The largest absolute Gasteiger partial charge is 0.340 e. The van der Waals surface area contributed by atoms with Crippen LogP contribution < -0.4 is 5.32 Å². The monoisotopic (exact) mass is 292 g/mol. The Morgan fingerprint density at radius 2 is 1.81 bits per heavy atom. The first kappa shape index (κ1) is 14.9. The van der Waals surface area contributed by atoms with Crippen molar-refractivity contribution >= 4 is 11.8 Å². The fourth-order valence-corrected chi connectivity index (χ4v) is 4.23. The molecular formula is C17H28N2O2. The molecular weight excluding hydrogens is 264 g/mol. The molecule has 0 radical (unpaired) electrons. The highest BCUT2D eigenvalue weighted by Crippen LogP contribution is 2.40. The van der Waals surface area contributed by atoms with E-state index in [0.717, 1.165) is 38.0 Å². The predicted octanol–water partition coefficient (Wildman–Crippen LogP) is 2.47. The summed E-state index contributed by atoms with van der Waals surface area (Å²) in [6.07, 6.45) is 7.35. The number of nitrogens with one attached hydrogen (secondary N) is 1. The van der Waals surface area contributed by atoms with Crippen molar-refractivity contribution in [3.05, 3.63) is 0 Å². The predicted molar refractivity (Wildman–Crippen MR) is 81.6 cm³/mol. The van der Waals surface area contributed by atoms with Gasteiger partial charge in [0.2, 0.25) is 11.8 Å². The molecule has 1 aliphatic heterocycles. The van der Waals surface area contributed by atoms with Crippen molar-refractivity contribution in [2.24, 2.45) is 11.8 Å². The van der Waals surface area contributed by atoms with Crippen LogP contribution in [0.3, 0.4) is 0 Å². The topological polar surface area (TPSA) is 49.4 Å². The average Bonchev–Trinajstić information content (AvgIpc) is 3.10. The molecule has 3 fully saturated rings. The van der Waals surface area contributed by atoms with Gasteiger partial charge in [0.05, 0.1) is 0 Å². The van der Waals surface area contributed by atoms with Gasteiger partial charge in [0, 0.05) is 6.04 Å². The molecule has 2 saturated carbocycles. The minimum Gasteiger partial charge on any atom is -0.340 e. The lowest BCUT2D eigenvalue weighted by atomic mass is 9.86. The van der Waals surface area contributed by atoms with Crippen LogP contribution in [0.25, 0.3) is 0 Å². The Kier molecular flexibility index (Phi) is 3.74. The Morgan fingerprint density at radius 3 is 2.33 bits per heavy atom. The van der Waals surface area contributed by atoms with E-state index in [1.165, 1.54) is 12.8 Å². The Hall–Kier alpha value is -1.06. The zero-order valence-corrected chi connectivity index (χ0v) is 13.5. The molecule has 2 atom stereocenters. The standard InChI is InChI=1S/C17H28N2O2/c1-11(2)14-15(20)18-17(8-4-5-9-17)16(21)19(14)12(3)10-13-6-7-13/h11-14H,4-10H2,1-3H3,(H,18,20). The molecule has 2 amide bonds. The number of carbonyl (C=O) groups excluding carboxylic acids is 2. The lowest BCUT2D eigenvalue weighted by Crippen LogP contribution is -2.72. The van der Waals surface area contributed by atoms with E-state index in [9.17, 15) is 9.59 Å². The minimum absolute atomic E-state index is 0.0640. The Labute approximate surface area is 127 Å². The van der Waals surface area contributed by atoms with Gasteiger partial charge in [-0.3, -0.25) is 9.59 Å². The fraction of sp³-hybridized carbons (Fsp3) is 0.882. The molecule has 118 valence electrons. The molecule has 4 heteroatoms. The summed E-state index contributed by atoms with van der Waals surface area (Å²) in [7, 11) is 0. The van der Waals surface area contributed by atoms with Crippen molar-refractivity contribution in [3.63, 3.8) is 0 Å². The smallest absolute Gasteiger partial charge is 0.249 e. The van der Waals surface area contributed by atoms with Crippen molar-refractivity contribution in [3.8, 4) is 0 Å². The second-order valence-corrected chi connectivity index (χ2v) is 7.71. The number of carbonyl (C=O) groups is 2. The molecule has 21 heavy (non-hydrogen) atoms. The molecule has 1 saturated heterocycles. The van der Waals surface area contributed by atoms with Crippen molar-refractivity contribution in [1.82, 2.24) is 10.2 Å². The van der Waals surface area contributed by atoms with Gasteiger partial charge in [-0.15, -0.1) is 0 Å². The van der Waals surface area contributed by atoms with Gasteiger partial charge in [0.15, 0.2) is 0 Å². The third-order valence-electron chi connectivity index (χ3n) is 5.51. The molecule has 3 rings (SSSR count). The summed E-state index contributed by atoms with van der Waals surface area (Å²) in [6.45, 7) is 6.22. The van der Waals surface area contributed by atoms with Crippen molar-refractivity contribution < 1.29 is 9.59 Å². The van der Waals surface area contributed by atoms with E-state index in [0.29, 0.717) is 0 Å². The molecule has 0 aromatic carbocycles. The van der Waals surface area contributed by atoms with Gasteiger partial charge in [-0.25, -0.2) is 0 Å². The zero-order valence-electron chi connectivity index (χ0n) is 13.5. The number of nitrogens with zero attached hydrogens (tertiary/aromatic N) is 1. The maximum absolute atomic E-state index is 13.2. The molecule has 0 bridgehead atoms. The second kappa shape index (κ2) is 5.29. The van der Waals surface area contributed by atoms with Gasteiger partial charge in [0.1, 0.15) is 11.6 Å². The van der Waals surface area contributed by atoms with Crippen LogP contribution in [-0.4, -0.2) is 34.3 Å². The molecule has 4 nitrogen and oxygen atoms in total. The van der Waals surface area contributed by atoms with E-state index >= 15 is 0 Å². The molecule has 1 heterocycles. The van der Waals surface area contributed by atoms with E-state index in [1.807, 2.05) is 18.7 Å². The van der Waals surface area contributed by atoms with Crippen molar-refractivity contribution in [2.45, 2.75) is 83.3 Å². The molecule has 1 spiro atoms. The lowest BCUT2D eigenvalue weighted by Gasteiger charge is -2.48. The SMILES string of the molecule is CC(C)C1C(=O)NC2(CCCC2)C(=O)N1C(C)CC1CC1. The Morgan fingerprint density at radius 1 is 1.19 bits per heavy atom. The van der Waals surface area contributed by atoms with Crippen LogP contribution in [0, 0.1) is 11.8 Å². The van der Waals surface area contributed by atoms with Gasteiger partial charge < -0.3 is 10.2 Å². The van der Waals surface area contributed by atoms with E-state index < -0.39 is 5.54 Å². The molecule has 0 aromatic heterocycles. The van der Waals surface area contributed by atoms with E-state index in [-0.39, 0.29) is 29.8 Å². The highest BCUT2D eigenvalue weighted by molar-refractivity contribution is 6.00. The first-order valence-corrected chi connectivity index (χ1v) is 8.59.